The van der Waals surface area contributed by atoms with Gasteiger partial charge in [0, 0.05) is 12.6 Å². The van der Waals surface area contributed by atoms with Gasteiger partial charge in [0.1, 0.15) is 0 Å². The highest BCUT2D eigenvalue weighted by molar-refractivity contribution is 5.81. The summed E-state index contributed by atoms with van der Waals surface area (Å²) < 4.78 is 4.69. The summed E-state index contributed by atoms with van der Waals surface area (Å²) in [5, 5.41) is 0. The fourth-order valence-corrected chi connectivity index (χ4v) is 0.678. The monoisotopic (exact) mass is 201 g/mol. The van der Waals surface area contributed by atoms with Crippen molar-refractivity contribution in [2.75, 3.05) is 19.8 Å². The molecule has 0 unspecified atom stereocenters. The molecule has 4 nitrogen and oxygen atoms in total. The average Bonchev–Trinajstić information content (AvgIpc) is 2.11. The first kappa shape index (κ1) is 13.1. The molecule has 14 heavy (non-hydrogen) atoms. The van der Waals surface area contributed by atoms with Crippen molar-refractivity contribution >= 4 is 5.97 Å². The second-order valence-corrected chi connectivity index (χ2v) is 3.21. The van der Waals surface area contributed by atoms with E-state index >= 15 is 0 Å². The van der Waals surface area contributed by atoms with Gasteiger partial charge >= 0.3 is 5.97 Å². The Hall–Kier alpha value is -0.870. The van der Waals surface area contributed by atoms with Crippen molar-refractivity contribution in [3.05, 3.63) is 12.2 Å². The summed E-state index contributed by atoms with van der Waals surface area (Å²) in [6.45, 7) is 7.47. The summed E-state index contributed by atoms with van der Waals surface area (Å²) in [4.78, 5) is 15.9. The quantitative estimate of drug-likeness (QED) is 0.292. The predicted octanol–water partition coefficient (Wildman–Crippen LogP) is 1.28. The molecule has 0 amide bonds. The molecule has 4 heteroatoms. The van der Waals surface area contributed by atoms with Crippen LogP contribution in [0.5, 0.6) is 0 Å². The van der Waals surface area contributed by atoms with E-state index in [4.69, 9.17) is 9.57 Å². The van der Waals surface area contributed by atoms with Crippen LogP contribution in [-0.2, 0) is 14.4 Å². The molecule has 0 aromatic carbocycles. The highest BCUT2D eigenvalue weighted by atomic mass is 16.6. The minimum atomic E-state index is -0.321. The van der Waals surface area contributed by atoms with Gasteiger partial charge in [0.05, 0.1) is 13.2 Å². The van der Waals surface area contributed by atoms with E-state index in [1.54, 1.807) is 13.0 Å². The van der Waals surface area contributed by atoms with Gasteiger partial charge in [-0.15, -0.1) is 0 Å². The molecule has 0 aliphatic carbocycles. The number of esters is 1. The summed E-state index contributed by atoms with van der Waals surface area (Å²) in [5.74, 6) is 0.176. The summed E-state index contributed by atoms with van der Waals surface area (Å²) in [6.07, 6.45) is 3.05. The van der Waals surface area contributed by atoms with Crippen molar-refractivity contribution < 1.29 is 14.4 Å². The van der Waals surface area contributed by atoms with Gasteiger partial charge in [-0.2, -0.15) is 5.48 Å². The lowest BCUT2D eigenvalue weighted by atomic mass is 10.2. The van der Waals surface area contributed by atoms with E-state index in [1.165, 1.54) is 6.08 Å². The zero-order chi connectivity index (χ0) is 10.8. The van der Waals surface area contributed by atoms with Crippen molar-refractivity contribution in [3.8, 4) is 0 Å². The highest BCUT2D eigenvalue weighted by Crippen LogP contribution is 1.89. The molecule has 0 aliphatic rings. The van der Waals surface area contributed by atoms with Gasteiger partial charge in [-0.25, -0.2) is 4.79 Å². The summed E-state index contributed by atoms with van der Waals surface area (Å²) >= 11 is 0. The molecule has 0 atom stereocenters. The van der Waals surface area contributed by atoms with E-state index in [9.17, 15) is 4.79 Å². The molecule has 0 fully saturated rings. The molecule has 0 aromatic heterocycles. The fourth-order valence-electron chi connectivity index (χ4n) is 0.678. The van der Waals surface area contributed by atoms with Gasteiger partial charge in [-0.1, -0.05) is 19.9 Å². The molecule has 0 rings (SSSR count). The third-order valence-corrected chi connectivity index (χ3v) is 1.26. The molecule has 0 saturated carbocycles. The predicted molar refractivity (Wildman–Crippen MR) is 54.6 cm³/mol. The number of carbonyl (C=O) groups excluding carboxylic acids is 1. The number of hydrogen-bond donors (Lipinski definition) is 1. The highest BCUT2D eigenvalue weighted by Gasteiger charge is 1.93. The Balaban J connectivity index is 3.30. The minimum absolute atomic E-state index is 0.321. The van der Waals surface area contributed by atoms with Crippen LogP contribution in [0.25, 0.3) is 0 Å². The first-order valence-electron chi connectivity index (χ1n) is 4.84. The van der Waals surface area contributed by atoms with Crippen LogP contribution < -0.4 is 5.48 Å². The Morgan fingerprint density at radius 3 is 2.79 bits per heavy atom. The topological polar surface area (TPSA) is 47.6 Å². The Morgan fingerprint density at radius 1 is 1.50 bits per heavy atom. The van der Waals surface area contributed by atoms with Gasteiger partial charge < -0.3 is 9.57 Å². The Morgan fingerprint density at radius 2 is 2.21 bits per heavy atom. The van der Waals surface area contributed by atoms with Crippen LogP contribution >= 0.6 is 0 Å². The van der Waals surface area contributed by atoms with E-state index in [1.807, 2.05) is 0 Å². The van der Waals surface area contributed by atoms with Crippen LogP contribution in [0.3, 0.4) is 0 Å². The first-order chi connectivity index (χ1) is 6.66. The molecule has 0 heterocycles. The van der Waals surface area contributed by atoms with Crippen LogP contribution in [0.1, 0.15) is 20.8 Å². The van der Waals surface area contributed by atoms with Crippen LogP contribution in [0.2, 0.25) is 0 Å². The first-order valence-corrected chi connectivity index (χ1v) is 4.84. The molecule has 0 aliphatic heterocycles. The zero-order valence-corrected chi connectivity index (χ0v) is 9.08. The van der Waals surface area contributed by atoms with Gasteiger partial charge in [0.25, 0.3) is 0 Å². The van der Waals surface area contributed by atoms with E-state index in [2.05, 4.69) is 19.3 Å². The SMILES string of the molecule is CCOC(=O)/C=C/CNOCC(C)C. The minimum Gasteiger partial charge on any atom is -0.463 e. The summed E-state index contributed by atoms with van der Waals surface area (Å²) in [6, 6.07) is 0. The van der Waals surface area contributed by atoms with Crippen molar-refractivity contribution in [2.45, 2.75) is 20.8 Å². The van der Waals surface area contributed by atoms with Crippen LogP contribution in [0, 0.1) is 5.92 Å². The number of ether oxygens (including phenoxy) is 1. The normalized spacial score (nSPS) is 11.1. The zero-order valence-electron chi connectivity index (χ0n) is 9.08. The van der Waals surface area contributed by atoms with Crippen molar-refractivity contribution in [1.29, 1.82) is 0 Å². The van der Waals surface area contributed by atoms with Crippen LogP contribution in [0.15, 0.2) is 12.2 Å². The summed E-state index contributed by atoms with van der Waals surface area (Å²) in [5.41, 5.74) is 2.72. The second-order valence-electron chi connectivity index (χ2n) is 3.21. The maximum absolute atomic E-state index is 10.8. The maximum Gasteiger partial charge on any atom is 0.330 e. The van der Waals surface area contributed by atoms with E-state index in [0.29, 0.717) is 25.7 Å². The Labute approximate surface area is 85.2 Å². The standard InChI is InChI=1S/C10H19NO3/c1-4-13-10(12)6-5-7-11-14-8-9(2)3/h5-6,9,11H,4,7-8H2,1-3H3/b6-5+. The number of hydrogen-bond acceptors (Lipinski definition) is 4. The molecular formula is C10H19NO3. The maximum atomic E-state index is 10.8. The second kappa shape index (κ2) is 8.72. The third kappa shape index (κ3) is 9.22. The summed E-state index contributed by atoms with van der Waals surface area (Å²) in [7, 11) is 0. The molecule has 82 valence electrons. The van der Waals surface area contributed by atoms with E-state index in [-0.39, 0.29) is 5.97 Å². The van der Waals surface area contributed by atoms with Gasteiger partial charge in [-0.05, 0) is 12.8 Å². The number of carbonyl (C=O) groups is 1. The van der Waals surface area contributed by atoms with Crippen LogP contribution in [0.4, 0.5) is 0 Å². The molecule has 0 saturated heterocycles. The van der Waals surface area contributed by atoms with E-state index < -0.39 is 0 Å². The van der Waals surface area contributed by atoms with Crippen LogP contribution in [-0.4, -0.2) is 25.7 Å². The molecule has 0 bridgehead atoms. The smallest absolute Gasteiger partial charge is 0.330 e. The Kier molecular flexibility index (Phi) is 8.17. The van der Waals surface area contributed by atoms with Gasteiger partial charge in [0.2, 0.25) is 0 Å². The molecule has 0 spiro atoms. The lowest BCUT2D eigenvalue weighted by molar-refractivity contribution is -0.137. The van der Waals surface area contributed by atoms with Crippen molar-refractivity contribution in [3.63, 3.8) is 0 Å². The molecular weight excluding hydrogens is 182 g/mol. The van der Waals surface area contributed by atoms with Crippen molar-refractivity contribution in [1.82, 2.24) is 5.48 Å². The van der Waals surface area contributed by atoms with Gasteiger partial charge in [-0.3, -0.25) is 0 Å². The lowest BCUT2D eigenvalue weighted by Crippen LogP contribution is -2.17. The van der Waals surface area contributed by atoms with E-state index in [0.717, 1.165) is 0 Å². The molecule has 1 N–H and O–H groups in total. The molecule has 0 radical (unpaired) electrons. The number of nitrogens with one attached hydrogen (secondary N) is 1. The third-order valence-electron chi connectivity index (χ3n) is 1.26. The van der Waals surface area contributed by atoms with Crippen molar-refractivity contribution in [2.24, 2.45) is 5.92 Å². The van der Waals surface area contributed by atoms with Gasteiger partial charge in [0.15, 0.2) is 0 Å². The number of rotatable bonds is 7. The Bertz CT molecular complexity index is 178. The fraction of sp³-hybridized carbons (Fsp3) is 0.700. The molecule has 0 aromatic rings. The largest absolute Gasteiger partial charge is 0.463 e. The average molecular weight is 201 g/mol. The lowest BCUT2D eigenvalue weighted by Gasteiger charge is -2.05. The number of hydroxylamine groups is 1.